The van der Waals surface area contributed by atoms with Crippen molar-refractivity contribution in [1.29, 1.82) is 10.5 Å². The van der Waals surface area contributed by atoms with Crippen molar-refractivity contribution in [2.75, 3.05) is 94.9 Å². The zero-order valence-electron chi connectivity index (χ0n) is 42.7. The molecule has 0 aliphatic carbocycles. The van der Waals surface area contributed by atoms with Gasteiger partial charge in [-0.15, -0.1) is 0 Å². The number of pyridine rings is 2. The number of esters is 1. The van der Waals surface area contributed by atoms with E-state index in [1.54, 1.807) is 52.5 Å². The Bertz CT molecular complexity index is 3490. The summed E-state index contributed by atoms with van der Waals surface area (Å²) in [4.78, 5) is 63.6. The van der Waals surface area contributed by atoms with Crippen LogP contribution in [0.4, 0.5) is 20.2 Å². The molecule has 3 saturated heterocycles. The van der Waals surface area contributed by atoms with Crippen LogP contribution in [0.3, 0.4) is 0 Å². The molecule has 0 bridgehead atoms. The van der Waals surface area contributed by atoms with Crippen molar-refractivity contribution in [3.8, 4) is 46.5 Å². The van der Waals surface area contributed by atoms with Gasteiger partial charge in [0.1, 0.15) is 33.5 Å². The van der Waals surface area contributed by atoms with E-state index in [0.29, 0.717) is 102 Å². The Kier molecular flexibility index (Phi) is 14.1. The molecule has 5 aliphatic heterocycles. The number of piperazine rings is 2. The molecule has 1 N–H and O–H groups in total. The highest BCUT2D eigenvalue weighted by Crippen LogP contribution is 2.49. The molecule has 0 spiro atoms. The van der Waals surface area contributed by atoms with Crippen molar-refractivity contribution in [3.05, 3.63) is 115 Å². The molecule has 7 heterocycles. The van der Waals surface area contributed by atoms with Crippen molar-refractivity contribution >= 4 is 45.1 Å². The molecule has 0 saturated carbocycles. The molecular weight excluding hydrogens is 963 g/mol. The van der Waals surface area contributed by atoms with Gasteiger partial charge in [0, 0.05) is 89.9 Å². The Labute approximate surface area is 432 Å². The Morgan fingerprint density at radius 1 is 0.667 bits per heavy atom. The third-order valence-corrected chi connectivity index (χ3v) is 14.8. The van der Waals surface area contributed by atoms with E-state index in [9.17, 15) is 29.7 Å². The summed E-state index contributed by atoms with van der Waals surface area (Å²) in [6.45, 7) is 18.9. The Morgan fingerprint density at radius 2 is 1.12 bits per heavy atom. The number of ether oxygens (including phenoxy) is 3. The van der Waals surface area contributed by atoms with Gasteiger partial charge in [-0.3, -0.25) is 24.2 Å². The van der Waals surface area contributed by atoms with Crippen LogP contribution in [-0.4, -0.2) is 133 Å². The number of fused-ring (bicyclic) bond motifs is 4. The molecular formula is C56H58F2N10O7. The van der Waals surface area contributed by atoms with Crippen molar-refractivity contribution in [3.63, 3.8) is 0 Å². The highest BCUT2D eigenvalue weighted by molar-refractivity contribution is 6.02. The predicted octanol–water partition coefficient (Wildman–Crippen LogP) is 7.28. The first-order chi connectivity index (χ1) is 36.2. The van der Waals surface area contributed by atoms with Gasteiger partial charge >= 0.3 is 5.97 Å². The van der Waals surface area contributed by atoms with E-state index in [-0.39, 0.29) is 45.7 Å². The maximum atomic E-state index is 15.9. The van der Waals surface area contributed by atoms with Crippen LogP contribution in [0.15, 0.2) is 70.5 Å². The normalized spacial score (nSPS) is 16.1. The topological polar surface area (TPSA) is 182 Å². The number of anilines is 2. The maximum absolute atomic E-state index is 15.9. The Morgan fingerprint density at radius 3 is 1.56 bits per heavy atom. The molecule has 388 valence electrons. The summed E-state index contributed by atoms with van der Waals surface area (Å²) in [5.74, 6) is -1.15. The van der Waals surface area contributed by atoms with Gasteiger partial charge in [0.2, 0.25) is 10.9 Å². The number of hydrogen-bond acceptors (Lipinski definition) is 14. The summed E-state index contributed by atoms with van der Waals surface area (Å²) in [5, 5.41) is 21.9. The average molecular weight is 1020 g/mol. The second-order valence-corrected chi connectivity index (χ2v) is 19.9. The SMILES string of the molecule is CC(C)N1CCN(c2c(F)cc3c(=O)c(C(=O)NCCN4CCCC4)cn4c3c2Oc2ccc(C#N)cc2-4)CC1.CCOC(=O)c1cn2c3c(c(N4CCN(C(C)C)CC4)c(F)cc3c1=O)Oc1ccc(C#N)cc1-2. The monoisotopic (exact) mass is 1020 g/mol. The lowest BCUT2D eigenvalue weighted by atomic mass is 10.0. The molecule has 2 aromatic heterocycles. The Hall–Kier alpha value is -7.84. The summed E-state index contributed by atoms with van der Waals surface area (Å²) >= 11 is 0. The van der Waals surface area contributed by atoms with E-state index in [1.165, 1.54) is 24.5 Å². The average Bonchev–Trinajstić information content (AvgIpc) is 3.96. The first-order valence-corrected chi connectivity index (χ1v) is 25.6. The fourth-order valence-corrected chi connectivity index (χ4v) is 10.8. The van der Waals surface area contributed by atoms with Gasteiger partial charge in [0.25, 0.3) is 5.91 Å². The first kappa shape index (κ1) is 50.7. The third kappa shape index (κ3) is 9.41. The van der Waals surface area contributed by atoms with Gasteiger partial charge < -0.3 is 43.4 Å². The molecule has 6 aromatic rings. The molecule has 75 heavy (non-hydrogen) atoms. The van der Waals surface area contributed by atoms with Gasteiger partial charge in [-0.05, 0) is 109 Å². The third-order valence-electron chi connectivity index (χ3n) is 14.8. The lowest BCUT2D eigenvalue weighted by molar-refractivity contribution is 0.0524. The highest BCUT2D eigenvalue weighted by Gasteiger charge is 2.35. The van der Waals surface area contributed by atoms with Crippen molar-refractivity contribution in [1.82, 2.24) is 29.2 Å². The Balaban J connectivity index is 0.000000173. The highest BCUT2D eigenvalue weighted by atomic mass is 19.1. The zero-order chi connectivity index (χ0) is 52.8. The van der Waals surface area contributed by atoms with E-state index in [1.807, 2.05) is 9.80 Å². The molecule has 0 unspecified atom stereocenters. The van der Waals surface area contributed by atoms with Gasteiger partial charge in [-0.25, -0.2) is 13.6 Å². The number of rotatable bonds is 10. The number of nitrogens with zero attached hydrogens (tertiary/aromatic N) is 9. The van der Waals surface area contributed by atoms with E-state index in [2.05, 4.69) is 59.8 Å². The molecule has 5 aliphatic rings. The summed E-state index contributed by atoms with van der Waals surface area (Å²) in [6.07, 6.45) is 5.20. The molecule has 1 amide bonds. The molecule has 11 rings (SSSR count). The summed E-state index contributed by atoms with van der Waals surface area (Å²) < 4.78 is 52.5. The van der Waals surface area contributed by atoms with E-state index in [0.717, 1.165) is 52.1 Å². The molecule has 0 atom stereocenters. The quantitative estimate of drug-likeness (QED) is 0.135. The van der Waals surface area contributed by atoms with Crippen LogP contribution >= 0.6 is 0 Å². The zero-order valence-corrected chi connectivity index (χ0v) is 42.7. The number of nitrogens with one attached hydrogen (secondary N) is 1. The minimum absolute atomic E-state index is 0.0145. The minimum atomic E-state index is -0.788. The number of amides is 1. The fraction of sp³-hybridized carbons (Fsp3) is 0.393. The molecule has 19 heteroatoms. The second kappa shape index (κ2) is 20.8. The maximum Gasteiger partial charge on any atom is 0.343 e. The van der Waals surface area contributed by atoms with Crippen LogP contribution in [0.25, 0.3) is 33.2 Å². The number of likely N-dealkylation sites (tertiary alicyclic amines) is 1. The van der Waals surface area contributed by atoms with Crippen LogP contribution < -0.4 is 35.4 Å². The molecule has 3 fully saturated rings. The standard InChI is InChI=1S/C30H33FN6O3.C26H25FN4O4/c1-19(2)35-11-13-36(14-12-35)27-23(31)16-21-26-29(27)40-25-6-5-20(17-32)15-24(25)37(26)18-22(28(21)38)30(39)33-7-10-34-8-3-4-9-34;1-4-34-26(33)18-14-31-20-11-16(13-28)5-6-21(20)35-25-22(31)17(24(18)32)12-19(27)23(25)30-9-7-29(8-10-30)15(2)3/h5-6,15-16,18-19H,3-4,7-14H2,1-2H3,(H,33,39);5-6,11-12,14-15H,4,7-10H2,1-3H3. The van der Waals surface area contributed by atoms with E-state index < -0.39 is 34.4 Å². The van der Waals surface area contributed by atoms with Crippen molar-refractivity contribution in [2.24, 2.45) is 0 Å². The number of hydrogen-bond donors (Lipinski definition) is 1. The lowest BCUT2D eigenvalue weighted by Gasteiger charge is -2.39. The van der Waals surface area contributed by atoms with E-state index in [4.69, 9.17) is 14.2 Å². The number of halogens is 2. The number of benzene rings is 4. The van der Waals surface area contributed by atoms with Crippen molar-refractivity contribution < 1.29 is 32.6 Å². The molecule has 0 radical (unpaired) electrons. The van der Waals surface area contributed by atoms with Gasteiger partial charge in [0.15, 0.2) is 34.6 Å². The van der Waals surface area contributed by atoms with E-state index >= 15 is 8.78 Å². The summed E-state index contributed by atoms with van der Waals surface area (Å²) in [5.41, 5.74) is 1.66. The van der Waals surface area contributed by atoms with Crippen LogP contribution in [-0.2, 0) is 4.74 Å². The van der Waals surface area contributed by atoms with Crippen LogP contribution in [0.5, 0.6) is 23.0 Å². The smallest absolute Gasteiger partial charge is 0.343 e. The summed E-state index contributed by atoms with van der Waals surface area (Å²) in [6, 6.07) is 17.2. The largest absolute Gasteiger partial charge is 0.462 e. The van der Waals surface area contributed by atoms with Crippen LogP contribution in [0, 0.1) is 34.3 Å². The van der Waals surface area contributed by atoms with Gasteiger partial charge in [-0.1, -0.05) is 0 Å². The lowest BCUT2D eigenvalue weighted by Crippen LogP contribution is -2.49. The van der Waals surface area contributed by atoms with Crippen LogP contribution in [0.1, 0.15) is 79.3 Å². The first-order valence-electron chi connectivity index (χ1n) is 25.6. The molecule has 17 nitrogen and oxygen atoms in total. The number of aromatic nitrogens is 2. The second-order valence-electron chi connectivity index (χ2n) is 19.9. The fourth-order valence-electron chi connectivity index (χ4n) is 10.8. The number of carbonyl (C=O) groups is 2. The summed E-state index contributed by atoms with van der Waals surface area (Å²) in [7, 11) is 0. The van der Waals surface area contributed by atoms with Crippen LogP contribution in [0.2, 0.25) is 0 Å². The number of nitriles is 2. The predicted molar refractivity (Wildman–Crippen MR) is 280 cm³/mol. The molecule has 4 aromatic carbocycles. The number of carbonyl (C=O) groups excluding carboxylic acids is 2. The minimum Gasteiger partial charge on any atom is -0.462 e. The van der Waals surface area contributed by atoms with Gasteiger partial charge in [-0.2, -0.15) is 10.5 Å². The van der Waals surface area contributed by atoms with Gasteiger partial charge in [0.05, 0.1) is 52.0 Å². The van der Waals surface area contributed by atoms with Crippen molar-refractivity contribution in [2.45, 2.75) is 59.5 Å².